The van der Waals surface area contributed by atoms with E-state index in [4.69, 9.17) is 23.2 Å². The lowest BCUT2D eigenvalue weighted by atomic mass is 10.00. The van der Waals surface area contributed by atoms with Crippen LogP contribution < -0.4 is 0 Å². The highest BCUT2D eigenvalue weighted by Gasteiger charge is 2.20. The van der Waals surface area contributed by atoms with Crippen LogP contribution in [0.3, 0.4) is 0 Å². The van der Waals surface area contributed by atoms with Crippen molar-refractivity contribution in [2.75, 3.05) is 0 Å². The smallest absolute Gasteiger partial charge is 0.197 e. The largest absolute Gasteiger partial charge is 0.218 e. The summed E-state index contributed by atoms with van der Waals surface area (Å²) in [6.45, 7) is 0. The summed E-state index contributed by atoms with van der Waals surface area (Å²) in [7, 11) is 0. The van der Waals surface area contributed by atoms with Gasteiger partial charge in [-0.1, -0.05) is 48.9 Å². The molecule has 0 aliphatic heterocycles. The molecular formula is C11H13Cl2FN2. The molecule has 88 valence electrons. The van der Waals surface area contributed by atoms with Gasteiger partial charge in [-0.3, -0.25) is 0 Å². The standard InChI is InChI=1S/C11H13Cl2FN2/c12-9-8(14)10(13)16-11(15-9)7-5-3-1-2-4-6-7/h7H,1-6H2. The fourth-order valence-electron chi connectivity index (χ4n) is 2.13. The minimum Gasteiger partial charge on any atom is -0.218 e. The predicted octanol–water partition coefficient (Wildman–Crippen LogP) is 4.36. The van der Waals surface area contributed by atoms with Crippen LogP contribution in [-0.4, -0.2) is 9.97 Å². The molecule has 16 heavy (non-hydrogen) atoms. The van der Waals surface area contributed by atoms with E-state index in [2.05, 4.69) is 9.97 Å². The van der Waals surface area contributed by atoms with E-state index in [1.165, 1.54) is 25.7 Å². The van der Waals surface area contributed by atoms with Crippen molar-refractivity contribution in [2.24, 2.45) is 0 Å². The second kappa shape index (κ2) is 5.28. The first-order chi connectivity index (χ1) is 7.68. The maximum absolute atomic E-state index is 13.2. The Morgan fingerprint density at radius 2 is 1.44 bits per heavy atom. The lowest BCUT2D eigenvalue weighted by molar-refractivity contribution is 0.546. The molecule has 0 N–H and O–H groups in total. The summed E-state index contributed by atoms with van der Waals surface area (Å²) in [5.41, 5.74) is 0. The molecule has 1 aromatic rings. The minimum atomic E-state index is -0.722. The lowest BCUT2D eigenvalue weighted by Gasteiger charge is -2.12. The van der Waals surface area contributed by atoms with E-state index in [1.54, 1.807) is 0 Å². The van der Waals surface area contributed by atoms with E-state index in [1.807, 2.05) is 0 Å². The Morgan fingerprint density at radius 1 is 0.938 bits per heavy atom. The fourth-order valence-corrected chi connectivity index (χ4v) is 2.53. The third-order valence-electron chi connectivity index (χ3n) is 3.01. The third kappa shape index (κ3) is 2.64. The summed E-state index contributed by atoms with van der Waals surface area (Å²) in [5, 5.41) is -0.335. The highest BCUT2D eigenvalue weighted by Crippen LogP contribution is 2.31. The van der Waals surface area contributed by atoms with Crippen LogP contribution in [-0.2, 0) is 0 Å². The van der Waals surface area contributed by atoms with Crippen molar-refractivity contribution < 1.29 is 4.39 Å². The van der Waals surface area contributed by atoms with Gasteiger partial charge in [-0.2, -0.15) is 0 Å². The van der Waals surface area contributed by atoms with E-state index in [0.29, 0.717) is 5.82 Å². The van der Waals surface area contributed by atoms with Crippen molar-refractivity contribution in [3.63, 3.8) is 0 Å². The van der Waals surface area contributed by atoms with E-state index < -0.39 is 5.82 Å². The molecule has 1 aliphatic rings. The molecule has 1 heterocycles. The van der Waals surface area contributed by atoms with Crippen LogP contribution in [0.25, 0.3) is 0 Å². The van der Waals surface area contributed by atoms with Crippen molar-refractivity contribution in [2.45, 2.75) is 44.4 Å². The van der Waals surface area contributed by atoms with E-state index in [9.17, 15) is 4.39 Å². The number of nitrogens with zero attached hydrogens (tertiary/aromatic N) is 2. The van der Waals surface area contributed by atoms with E-state index in [-0.39, 0.29) is 16.2 Å². The number of aromatic nitrogens is 2. The Labute approximate surface area is 104 Å². The molecule has 1 saturated carbocycles. The molecular weight excluding hydrogens is 250 g/mol. The summed E-state index contributed by atoms with van der Waals surface area (Å²) >= 11 is 11.3. The van der Waals surface area contributed by atoms with Crippen LogP contribution in [0.5, 0.6) is 0 Å². The van der Waals surface area contributed by atoms with Gasteiger partial charge in [0.05, 0.1) is 0 Å². The maximum Gasteiger partial charge on any atom is 0.197 e. The van der Waals surface area contributed by atoms with Gasteiger partial charge in [0, 0.05) is 5.92 Å². The Kier molecular flexibility index (Phi) is 3.98. The monoisotopic (exact) mass is 262 g/mol. The predicted molar refractivity (Wildman–Crippen MR) is 62.5 cm³/mol. The van der Waals surface area contributed by atoms with Gasteiger partial charge >= 0.3 is 0 Å². The zero-order chi connectivity index (χ0) is 11.5. The zero-order valence-corrected chi connectivity index (χ0v) is 10.4. The molecule has 0 amide bonds. The zero-order valence-electron chi connectivity index (χ0n) is 8.85. The molecule has 1 aromatic heterocycles. The highest BCUT2D eigenvalue weighted by atomic mass is 35.5. The Morgan fingerprint density at radius 3 is 1.94 bits per heavy atom. The minimum absolute atomic E-state index is 0.167. The molecule has 0 unspecified atom stereocenters. The summed E-state index contributed by atoms with van der Waals surface area (Å²) in [4.78, 5) is 7.99. The van der Waals surface area contributed by atoms with Gasteiger partial charge in [0.15, 0.2) is 16.1 Å². The number of rotatable bonds is 1. The van der Waals surface area contributed by atoms with Gasteiger partial charge in [0.1, 0.15) is 5.82 Å². The Balaban J connectivity index is 2.25. The Hall–Kier alpha value is -0.410. The average molecular weight is 263 g/mol. The first-order valence-electron chi connectivity index (χ1n) is 5.57. The van der Waals surface area contributed by atoms with Gasteiger partial charge in [-0.05, 0) is 12.8 Å². The summed E-state index contributed by atoms with van der Waals surface area (Å²) in [5.74, 6) is 0.150. The normalized spacial score (nSPS) is 18.4. The Bertz CT molecular complexity index is 353. The SMILES string of the molecule is Fc1c(Cl)nc(C2CCCCCC2)nc1Cl. The van der Waals surface area contributed by atoms with Gasteiger partial charge in [-0.15, -0.1) is 0 Å². The molecule has 0 spiro atoms. The van der Waals surface area contributed by atoms with Crippen LogP contribution in [0, 0.1) is 5.82 Å². The first-order valence-corrected chi connectivity index (χ1v) is 6.32. The maximum atomic E-state index is 13.2. The molecule has 0 atom stereocenters. The van der Waals surface area contributed by atoms with Crippen LogP contribution in [0.4, 0.5) is 4.39 Å². The molecule has 0 saturated heterocycles. The molecule has 2 rings (SSSR count). The van der Waals surface area contributed by atoms with Gasteiger partial charge < -0.3 is 0 Å². The lowest BCUT2D eigenvalue weighted by Crippen LogP contribution is -2.05. The second-order valence-electron chi connectivity index (χ2n) is 4.17. The molecule has 0 bridgehead atoms. The van der Waals surface area contributed by atoms with E-state index >= 15 is 0 Å². The number of hydrogen-bond donors (Lipinski definition) is 0. The van der Waals surface area contributed by atoms with Crippen molar-refractivity contribution >= 4 is 23.2 Å². The van der Waals surface area contributed by atoms with E-state index in [0.717, 1.165) is 12.8 Å². The highest BCUT2D eigenvalue weighted by molar-refractivity contribution is 6.33. The van der Waals surface area contributed by atoms with Gasteiger partial charge in [0.25, 0.3) is 0 Å². The van der Waals surface area contributed by atoms with Gasteiger partial charge in [0.2, 0.25) is 0 Å². The molecule has 1 aliphatic carbocycles. The average Bonchev–Trinajstić information content (AvgIpc) is 2.53. The van der Waals surface area contributed by atoms with Crippen LogP contribution in [0.2, 0.25) is 10.3 Å². The van der Waals surface area contributed by atoms with Crippen molar-refractivity contribution in [1.29, 1.82) is 0 Å². The summed E-state index contributed by atoms with van der Waals surface area (Å²) in [6.07, 6.45) is 6.91. The number of hydrogen-bond acceptors (Lipinski definition) is 2. The molecule has 0 radical (unpaired) electrons. The first kappa shape index (κ1) is 12.1. The molecule has 1 fully saturated rings. The quantitative estimate of drug-likeness (QED) is 0.555. The van der Waals surface area contributed by atoms with Crippen LogP contribution in [0.15, 0.2) is 0 Å². The van der Waals surface area contributed by atoms with Crippen molar-refractivity contribution in [3.05, 3.63) is 21.9 Å². The van der Waals surface area contributed by atoms with Crippen LogP contribution >= 0.6 is 23.2 Å². The molecule has 5 heteroatoms. The third-order valence-corrected chi connectivity index (χ3v) is 3.51. The summed E-state index contributed by atoms with van der Waals surface area (Å²) in [6, 6.07) is 0. The summed E-state index contributed by atoms with van der Waals surface area (Å²) < 4.78 is 13.2. The van der Waals surface area contributed by atoms with Gasteiger partial charge in [-0.25, -0.2) is 14.4 Å². The second-order valence-corrected chi connectivity index (χ2v) is 4.88. The molecule has 2 nitrogen and oxygen atoms in total. The topological polar surface area (TPSA) is 25.8 Å². The van der Waals surface area contributed by atoms with Crippen molar-refractivity contribution in [3.8, 4) is 0 Å². The fraction of sp³-hybridized carbons (Fsp3) is 0.636. The number of halogens is 3. The molecule has 0 aromatic carbocycles. The van der Waals surface area contributed by atoms with Crippen molar-refractivity contribution in [1.82, 2.24) is 9.97 Å². The van der Waals surface area contributed by atoms with Crippen LogP contribution in [0.1, 0.15) is 50.3 Å².